The minimum atomic E-state index is -0.308. The Balaban J connectivity index is 0.00000121. The number of thiophene rings is 2. The second-order valence-corrected chi connectivity index (χ2v) is 6.55. The van der Waals surface area contributed by atoms with Crippen molar-refractivity contribution in [3.63, 3.8) is 0 Å². The molecule has 0 bridgehead atoms. The van der Waals surface area contributed by atoms with Gasteiger partial charge in [-0.25, -0.2) is 0 Å². The predicted molar refractivity (Wildman–Crippen MR) is 96.1 cm³/mol. The van der Waals surface area contributed by atoms with E-state index in [-0.39, 0.29) is 40.8 Å². The largest absolute Gasteiger partial charge is 0.324 e. The molecule has 0 radical (unpaired) electrons. The van der Waals surface area contributed by atoms with Crippen LogP contribution >= 0.6 is 47.5 Å². The van der Waals surface area contributed by atoms with Gasteiger partial charge in [-0.1, -0.05) is 17.4 Å². The van der Waals surface area contributed by atoms with Crippen LogP contribution in [0.25, 0.3) is 0 Å². The van der Waals surface area contributed by atoms with Crippen LogP contribution in [0.3, 0.4) is 0 Å². The summed E-state index contributed by atoms with van der Waals surface area (Å²) in [6, 6.07) is 6.01. The maximum atomic E-state index is 10.9. The molecule has 1 aliphatic heterocycles. The van der Waals surface area contributed by atoms with Crippen molar-refractivity contribution in [3.8, 4) is 0 Å². The fraction of sp³-hybridized carbons (Fsp3) is 0.385. The molecule has 1 atom stereocenters. The summed E-state index contributed by atoms with van der Waals surface area (Å²) in [5.74, 6) is 0. The molecule has 2 aromatic rings. The summed E-state index contributed by atoms with van der Waals surface area (Å²) in [6.07, 6.45) is 0. The standard InChI is InChI=1S/C13H15N3O2S2.2ClH/c17-16(18)12-8-10(9-20-12)13(11-2-1-7-19-11)15-5-3-14-4-6-15;;/h1-2,7-9,13-14H,3-6H2;2*1H/t13-;;/m1../s1. The first-order valence-corrected chi connectivity index (χ1v) is 8.22. The minimum absolute atomic E-state index is 0. The van der Waals surface area contributed by atoms with E-state index < -0.39 is 0 Å². The van der Waals surface area contributed by atoms with Crippen LogP contribution in [0.15, 0.2) is 29.0 Å². The molecule has 1 N–H and O–H groups in total. The summed E-state index contributed by atoms with van der Waals surface area (Å²) in [4.78, 5) is 14.2. The summed E-state index contributed by atoms with van der Waals surface area (Å²) in [5.41, 5.74) is 1.03. The van der Waals surface area contributed by atoms with Gasteiger partial charge in [0.1, 0.15) is 0 Å². The lowest BCUT2D eigenvalue weighted by Gasteiger charge is -2.34. The Morgan fingerprint density at radius 3 is 2.55 bits per heavy atom. The lowest BCUT2D eigenvalue weighted by molar-refractivity contribution is -0.380. The number of halogens is 2. The molecule has 122 valence electrons. The Kier molecular flexibility index (Phi) is 7.75. The van der Waals surface area contributed by atoms with E-state index in [2.05, 4.69) is 21.7 Å². The average molecular weight is 382 g/mol. The summed E-state index contributed by atoms with van der Waals surface area (Å²) >= 11 is 2.92. The third-order valence-electron chi connectivity index (χ3n) is 3.43. The van der Waals surface area contributed by atoms with Gasteiger partial charge in [-0.3, -0.25) is 15.0 Å². The predicted octanol–water partition coefficient (Wildman–Crippen LogP) is 3.56. The van der Waals surface area contributed by atoms with Crippen LogP contribution in [0.1, 0.15) is 16.5 Å². The van der Waals surface area contributed by atoms with Gasteiger partial charge in [0.25, 0.3) is 0 Å². The molecule has 0 aliphatic carbocycles. The van der Waals surface area contributed by atoms with Crippen molar-refractivity contribution in [2.45, 2.75) is 6.04 Å². The molecule has 5 nitrogen and oxygen atoms in total. The van der Waals surface area contributed by atoms with Crippen LogP contribution < -0.4 is 5.32 Å². The lowest BCUT2D eigenvalue weighted by Crippen LogP contribution is -2.45. The highest BCUT2D eigenvalue weighted by atomic mass is 35.5. The molecule has 22 heavy (non-hydrogen) atoms. The summed E-state index contributed by atoms with van der Waals surface area (Å²) in [7, 11) is 0. The quantitative estimate of drug-likeness (QED) is 0.649. The van der Waals surface area contributed by atoms with E-state index in [0.29, 0.717) is 0 Å². The highest BCUT2D eigenvalue weighted by Gasteiger charge is 2.27. The van der Waals surface area contributed by atoms with E-state index in [4.69, 9.17) is 0 Å². The third kappa shape index (κ3) is 4.18. The number of nitrogens with one attached hydrogen (secondary N) is 1. The van der Waals surface area contributed by atoms with Gasteiger partial charge in [0, 0.05) is 42.5 Å². The Hall–Kier alpha value is -0.700. The molecule has 2 aromatic heterocycles. The zero-order valence-corrected chi connectivity index (χ0v) is 14.9. The van der Waals surface area contributed by atoms with Crippen molar-refractivity contribution in [3.05, 3.63) is 49.5 Å². The topological polar surface area (TPSA) is 58.4 Å². The minimum Gasteiger partial charge on any atom is -0.314 e. The van der Waals surface area contributed by atoms with Crippen molar-refractivity contribution in [1.82, 2.24) is 10.2 Å². The second kappa shape index (κ2) is 8.81. The van der Waals surface area contributed by atoms with Crippen LogP contribution in [0, 0.1) is 10.1 Å². The van der Waals surface area contributed by atoms with E-state index >= 15 is 0 Å². The number of hydrogen-bond acceptors (Lipinski definition) is 6. The number of hydrogen-bond donors (Lipinski definition) is 1. The third-order valence-corrected chi connectivity index (χ3v) is 5.25. The van der Waals surface area contributed by atoms with Gasteiger partial charge in [0.15, 0.2) is 0 Å². The molecular formula is C13H17Cl2N3O2S2. The Morgan fingerprint density at radius 1 is 1.27 bits per heavy atom. The molecule has 0 amide bonds. The van der Waals surface area contributed by atoms with Gasteiger partial charge in [0.05, 0.1) is 11.0 Å². The molecular weight excluding hydrogens is 365 g/mol. The number of rotatable bonds is 4. The maximum absolute atomic E-state index is 10.9. The molecule has 1 saturated heterocycles. The molecule has 3 rings (SSSR count). The van der Waals surface area contributed by atoms with E-state index in [1.807, 2.05) is 11.4 Å². The Labute approximate surface area is 149 Å². The van der Waals surface area contributed by atoms with Gasteiger partial charge in [-0.15, -0.1) is 36.2 Å². The first-order valence-electron chi connectivity index (χ1n) is 6.46. The molecule has 0 saturated carbocycles. The van der Waals surface area contributed by atoms with Gasteiger partial charge in [-0.2, -0.15) is 0 Å². The Morgan fingerprint density at radius 2 is 2.00 bits per heavy atom. The average Bonchev–Trinajstić information content (AvgIpc) is 3.12. The van der Waals surface area contributed by atoms with E-state index in [0.717, 1.165) is 31.7 Å². The van der Waals surface area contributed by atoms with Crippen LogP contribution in [0.2, 0.25) is 0 Å². The van der Waals surface area contributed by atoms with Crippen LogP contribution in [0.4, 0.5) is 5.00 Å². The van der Waals surface area contributed by atoms with E-state index in [9.17, 15) is 10.1 Å². The molecule has 3 heterocycles. The molecule has 1 fully saturated rings. The number of piperazine rings is 1. The second-order valence-electron chi connectivity index (χ2n) is 4.68. The summed E-state index contributed by atoms with van der Waals surface area (Å²) in [5, 5.41) is 18.4. The maximum Gasteiger partial charge on any atom is 0.324 e. The van der Waals surface area contributed by atoms with Crippen molar-refractivity contribution in [1.29, 1.82) is 0 Å². The zero-order chi connectivity index (χ0) is 13.9. The van der Waals surface area contributed by atoms with E-state index in [1.165, 1.54) is 16.2 Å². The molecule has 1 aliphatic rings. The van der Waals surface area contributed by atoms with Gasteiger partial charge < -0.3 is 5.32 Å². The molecule has 9 heteroatoms. The summed E-state index contributed by atoms with van der Waals surface area (Å²) < 4.78 is 0. The van der Waals surface area contributed by atoms with Crippen LogP contribution in [0.5, 0.6) is 0 Å². The van der Waals surface area contributed by atoms with Crippen LogP contribution in [-0.2, 0) is 0 Å². The summed E-state index contributed by atoms with van der Waals surface area (Å²) in [6.45, 7) is 3.86. The van der Waals surface area contributed by atoms with Crippen molar-refractivity contribution in [2.75, 3.05) is 26.2 Å². The fourth-order valence-electron chi connectivity index (χ4n) is 2.52. The van der Waals surface area contributed by atoms with Crippen molar-refractivity contribution in [2.24, 2.45) is 0 Å². The van der Waals surface area contributed by atoms with Crippen molar-refractivity contribution < 1.29 is 4.92 Å². The smallest absolute Gasteiger partial charge is 0.314 e. The molecule has 0 aromatic carbocycles. The monoisotopic (exact) mass is 381 g/mol. The highest BCUT2D eigenvalue weighted by Crippen LogP contribution is 2.36. The van der Waals surface area contributed by atoms with Gasteiger partial charge >= 0.3 is 5.00 Å². The van der Waals surface area contributed by atoms with Gasteiger partial charge in [0.2, 0.25) is 0 Å². The fourth-order valence-corrected chi connectivity index (χ4v) is 4.15. The van der Waals surface area contributed by atoms with Crippen molar-refractivity contribution >= 4 is 52.5 Å². The SMILES string of the molecule is Cl.Cl.O=[N+]([O-])c1cc([C@H](c2cccs2)N2CCNCC2)cs1. The molecule has 0 spiro atoms. The normalized spacial score (nSPS) is 16.4. The van der Waals surface area contributed by atoms with Crippen LogP contribution in [-0.4, -0.2) is 36.0 Å². The first kappa shape index (κ1) is 19.3. The van der Waals surface area contributed by atoms with Gasteiger partial charge in [-0.05, 0) is 17.0 Å². The van der Waals surface area contributed by atoms with E-state index in [1.54, 1.807) is 17.4 Å². The lowest BCUT2D eigenvalue weighted by atomic mass is 10.1. The zero-order valence-electron chi connectivity index (χ0n) is 11.6. The number of nitro groups is 1. The number of nitrogens with zero attached hydrogens (tertiary/aromatic N) is 2. The highest BCUT2D eigenvalue weighted by molar-refractivity contribution is 7.13. The Bertz CT molecular complexity index is 586. The molecule has 0 unspecified atom stereocenters. The first-order chi connectivity index (χ1) is 9.75.